The first-order valence-electron chi connectivity index (χ1n) is 7.56. The molecule has 8 heteroatoms. The number of hydrogen-bond donors (Lipinski definition) is 0. The lowest BCUT2D eigenvalue weighted by Crippen LogP contribution is -2.21. The molecule has 0 N–H and O–H groups in total. The van der Waals surface area contributed by atoms with Crippen LogP contribution in [0.25, 0.3) is 10.9 Å². The van der Waals surface area contributed by atoms with Crippen LogP contribution in [0.3, 0.4) is 0 Å². The molecule has 0 aliphatic heterocycles. The molecule has 1 aromatic carbocycles. The van der Waals surface area contributed by atoms with Crippen molar-refractivity contribution in [2.24, 2.45) is 0 Å². The lowest BCUT2D eigenvalue weighted by molar-refractivity contribution is -0.387. The van der Waals surface area contributed by atoms with E-state index in [1.54, 1.807) is 11.5 Å². The molecule has 1 aliphatic carbocycles. The van der Waals surface area contributed by atoms with Crippen molar-refractivity contribution in [3.63, 3.8) is 0 Å². The topological polar surface area (TPSA) is 91.4 Å². The zero-order valence-corrected chi connectivity index (χ0v) is 13.2. The van der Waals surface area contributed by atoms with E-state index in [2.05, 4.69) is 0 Å². The third-order valence-corrected chi connectivity index (χ3v) is 4.09. The number of carbonyl (C=O) groups is 1. The second-order valence-electron chi connectivity index (χ2n) is 5.72. The standard InChI is InChI=1S/C16H15FN2O5/c1-3-24-16(21)11-7-18(9-4-5-9)14-8(2)13(17)12(19(22)23)6-10(14)15(11)20/h6-7,9H,3-5H2,1-2H3. The number of aromatic nitrogens is 1. The van der Waals surface area contributed by atoms with E-state index >= 15 is 0 Å². The van der Waals surface area contributed by atoms with Crippen LogP contribution in [0.4, 0.5) is 10.1 Å². The molecule has 0 radical (unpaired) electrons. The summed E-state index contributed by atoms with van der Waals surface area (Å²) in [6.45, 7) is 3.11. The molecule has 0 spiro atoms. The number of nitro benzene ring substituents is 1. The number of benzene rings is 1. The first-order valence-corrected chi connectivity index (χ1v) is 7.56. The van der Waals surface area contributed by atoms with Gasteiger partial charge in [0.1, 0.15) is 5.56 Å². The molecule has 1 aliphatic rings. The highest BCUT2D eigenvalue weighted by atomic mass is 19.1. The molecule has 0 amide bonds. The summed E-state index contributed by atoms with van der Waals surface area (Å²) in [5.74, 6) is -1.76. The SMILES string of the molecule is CCOC(=O)c1cn(C2CC2)c2c(C)c(F)c([N+](=O)[O-])cc2c1=O. The molecular weight excluding hydrogens is 319 g/mol. The minimum Gasteiger partial charge on any atom is -0.462 e. The van der Waals surface area contributed by atoms with Gasteiger partial charge >= 0.3 is 11.7 Å². The number of ether oxygens (including phenoxy) is 1. The van der Waals surface area contributed by atoms with Crippen LogP contribution in [-0.2, 0) is 4.74 Å². The molecule has 3 rings (SSSR count). The molecule has 2 aromatic rings. The van der Waals surface area contributed by atoms with Crippen LogP contribution in [0, 0.1) is 22.9 Å². The van der Waals surface area contributed by atoms with Gasteiger partial charge in [0.2, 0.25) is 11.2 Å². The second-order valence-corrected chi connectivity index (χ2v) is 5.72. The first-order chi connectivity index (χ1) is 11.4. The van der Waals surface area contributed by atoms with Crippen molar-refractivity contribution < 1.29 is 18.8 Å². The number of carbonyl (C=O) groups excluding carboxylic acids is 1. The van der Waals surface area contributed by atoms with Crippen LogP contribution in [0.5, 0.6) is 0 Å². The summed E-state index contributed by atoms with van der Waals surface area (Å²) in [6.07, 6.45) is 3.04. The molecule has 0 unspecified atom stereocenters. The van der Waals surface area contributed by atoms with Gasteiger partial charge in [-0.15, -0.1) is 0 Å². The Hall–Kier alpha value is -2.77. The van der Waals surface area contributed by atoms with Gasteiger partial charge in [0.15, 0.2) is 0 Å². The summed E-state index contributed by atoms with van der Waals surface area (Å²) in [6, 6.07) is 0.947. The van der Waals surface area contributed by atoms with Crippen LogP contribution in [0.2, 0.25) is 0 Å². The molecule has 0 bridgehead atoms. The van der Waals surface area contributed by atoms with E-state index in [0.717, 1.165) is 18.9 Å². The van der Waals surface area contributed by atoms with Crippen molar-refractivity contribution in [2.45, 2.75) is 32.7 Å². The van der Waals surface area contributed by atoms with Crippen LogP contribution < -0.4 is 5.43 Å². The van der Waals surface area contributed by atoms with Gasteiger partial charge in [-0.3, -0.25) is 14.9 Å². The first kappa shape index (κ1) is 16.1. The molecule has 0 saturated heterocycles. The third-order valence-electron chi connectivity index (χ3n) is 4.09. The molecule has 7 nitrogen and oxygen atoms in total. The third kappa shape index (κ3) is 2.44. The average molecular weight is 334 g/mol. The zero-order valence-electron chi connectivity index (χ0n) is 13.2. The van der Waals surface area contributed by atoms with Gasteiger partial charge in [-0.1, -0.05) is 0 Å². The smallest absolute Gasteiger partial charge is 0.343 e. The van der Waals surface area contributed by atoms with Gasteiger partial charge in [0.25, 0.3) is 0 Å². The van der Waals surface area contributed by atoms with E-state index in [-0.39, 0.29) is 29.2 Å². The van der Waals surface area contributed by atoms with Crippen LogP contribution in [0.1, 0.15) is 41.7 Å². The second kappa shape index (κ2) is 5.70. The summed E-state index contributed by atoms with van der Waals surface area (Å²) in [5, 5.41) is 11.0. The minimum absolute atomic E-state index is 0.0265. The van der Waals surface area contributed by atoms with Crippen LogP contribution in [-0.4, -0.2) is 22.1 Å². The number of aryl methyl sites for hydroxylation is 1. The normalized spacial score (nSPS) is 14.0. The Kier molecular flexibility index (Phi) is 3.82. The number of nitro groups is 1. The van der Waals surface area contributed by atoms with Crippen molar-refractivity contribution in [2.75, 3.05) is 6.61 Å². The Morgan fingerprint density at radius 3 is 2.71 bits per heavy atom. The number of halogens is 1. The van der Waals surface area contributed by atoms with Crippen LogP contribution in [0.15, 0.2) is 17.1 Å². The quantitative estimate of drug-likeness (QED) is 0.487. The maximum atomic E-state index is 14.3. The van der Waals surface area contributed by atoms with E-state index in [9.17, 15) is 24.1 Å². The summed E-state index contributed by atoms with van der Waals surface area (Å²) in [4.78, 5) is 34.8. The average Bonchev–Trinajstić information content (AvgIpc) is 3.35. The Morgan fingerprint density at radius 1 is 1.50 bits per heavy atom. The Labute approximate surface area is 135 Å². The molecule has 1 saturated carbocycles. The Balaban J connectivity index is 2.41. The van der Waals surface area contributed by atoms with Gasteiger partial charge in [-0.2, -0.15) is 4.39 Å². The van der Waals surface area contributed by atoms with Gasteiger partial charge in [0, 0.05) is 23.9 Å². The molecular formula is C16H15FN2O5. The highest BCUT2D eigenvalue weighted by Crippen LogP contribution is 2.39. The van der Waals surface area contributed by atoms with Crippen LogP contribution >= 0.6 is 0 Å². The predicted octanol–water partition coefficient (Wildman–Crippen LogP) is 2.87. The van der Waals surface area contributed by atoms with Crippen molar-refractivity contribution >= 4 is 22.6 Å². The number of nitrogens with zero attached hydrogens (tertiary/aromatic N) is 2. The molecule has 1 fully saturated rings. The van der Waals surface area contributed by atoms with Crippen molar-refractivity contribution in [3.8, 4) is 0 Å². The van der Waals surface area contributed by atoms with Gasteiger partial charge in [-0.25, -0.2) is 4.79 Å². The number of rotatable bonds is 4. The summed E-state index contributed by atoms with van der Waals surface area (Å²) < 4.78 is 20.9. The fourth-order valence-electron chi connectivity index (χ4n) is 2.81. The van der Waals surface area contributed by atoms with Crippen molar-refractivity contribution in [3.05, 3.63) is 49.5 Å². The lowest BCUT2D eigenvalue weighted by atomic mass is 10.1. The fourth-order valence-corrected chi connectivity index (χ4v) is 2.81. The predicted molar refractivity (Wildman–Crippen MR) is 83.8 cm³/mol. The molecule has 1 heterocycles. The molecule has 126 valence electrons. The fraction of sp³-hybridized carbons (Fsp3) is 0.375. The van der Waals surface area contributed by atoms with E-state index in [1.165, 1.54) is 13.1 Å². The maximum Gasteiger partial charge on any atom is 0.343 e. The number of esters is 1. The summed E-state index contributed by atoms with van der Waals surface area (Å²) in [5.41, 5.74) is -1.35. The number of pyridine rings is 1. The Bertz CT molecular complexity index is 930. The summed E-state index contributed by atoms with van der Waals surface area (Å²) >= 11 is 0. The summed E-state index contributed by atoms with van der Waals surface area (Å²) in [7, 11) is 0. The number of fused-ring (bicyclic) bond motifs is 1. The van der Waals surface area contributed by atoms with Gasteiger partial charge in [-0.05, 0) is 26.7 Å². The highest BCUT2D eigenvalue weighted by Gasteiger charge is 2.30. The monoisotopic (exact) mass is 334 g/mol. The van der Waals surface area contributed by atoms with Gasteiger partial charge in [0.05, 0.1) is 22.4 Å². The number of hydrogen-bond acceptors (Lipinski definition) is 5. The van der Waals surface area contributed by atoms with Crippen molar-refractivity contribution in [1.82, 2.24) is 4.57 Å². The van der Waals surface area contributed by atoms with E-state index in [1.807, 2.05) is 0 Å². The molecule has 1 aromatic heterocycles. The highest BCUT2D eigenvalue weighted by molar-refractivity contribution is 5.95. The van der Waals surface area contributed by atoms with E-state index in [4.69, 9.17) is 4.74 Å². The molecule has 24 heavy (non-hydrogen) atoms. The molecule has 0 atom stereocenters. The maximum absolute atomic E-state index is 14.3. The zero-order chi connectivity index (χ0) is 17.6. The Morgan fingerprint density at radius 2 is 2.17 bits per heavy atom. The lowest BCUT2D eigenvalue weighted by Gasteiger charge is -2.15. The minimum atomic E-state index is -0.967. The van der Waals surface area contributed by atoms with Crippen molar-refractivity contribution in [1.29, 1.82) is 0 Å². The van der Waals surface area contributed by atoms with E-state index < -0.39 is 27.8 Å². The van der Waals surface area contributed by atoms with E-state index in [0.29, 0.717) is 5.52 Å². The largest absolute Gasteiger partial charge is 0.462 e. The van der Waals surface area contributed by atoms with Gasteiger partial charge < -0.3 is 9.30 Å².